The highest BCUT2D eigenvalue weighted by atomic mass is 28.4. The van der Waals surface area contributed by atoms with Gasteiger partial charge in [-0.25, -0.2) is 0 Å². The molecule has 1 aromatic carbocycles. The molecular weight excluding hydrogens is 236 g/mol. The van der Waals surface area contributed by atoms with Crippen molar-refractivity contribution in [3.8, 4) is 5.75 Å². The molecule has 0 aliphatic heterocycles. The van der Waals surface area contributed by atoms with Gasteiger partial charge in [-0.2, -0.15) is 0 Å². The molecule has 0 N–H and O–H groups in total. The molecule has 96 valence electrons. The van der Waals surface area contributed by atoms with Crippen LogP contribution in [0.2, 0.25) is 0 Å². The normalized spacial score (nSPS) is 11.6. The number of benzene rings is 1. The third-order valence-electron chi connectivity index (χ3n) is 2.88. The second-order valence-corrected chi connectivity index (χ2v) is 6.61. The maximum atomic E-state index is 5.52. The van der Waals surface area contributed by atoms with Gasteiger partial charge >= 0.3 is 8.80 Å². The number of ether oxygens (including phenoxy) is 1. The van der Waals surface area contributed by atoms with E-state index in [0.717, 1.165) is 22.1 Å². The Morgan fingerprint density at radius 2 is 1.29 bits per heavy atom. The summed E-state index contributed by atoms with van der Waals surface area (Å²) >= 11 is 0. The zero-order valence-electron chi connectivity index (χ0n) is 11.3. The van der Waals surface area contributed by atoms with E-state index >= 15 is 0 Å². The predicted molar refractivity (Wildman–Crippen MR) is 68.9 cm³/mol. The molecule has 0 spiro atoms. The minimum Gasteiger partial charge on any atom is -0.496 e. The maximum Gasteiger partial charge on any atom is 0.540 e. The highest BCUT2D eigenvalue weighted by Crippen LogP contribution is 2.22. The quantitative estimate of drug-likeness (QED) is 0.746. The Morgan fingerprint density at radius 3 is 1.71 bits per heavy atom. The van der Waals surface area contributed by atoms with Crippen molar-refractivity contribution in [3.05, 3.63) is 23.3 Å². The predicted octanol–water partition coefficient (Wildman–Crippen LogP) is 1.40. The van der Waals surface area contributed by atoms with Crippen LogP contribution in [-0.4, -0.2) is 37.2 Å². The molecule has 0 aliphatic rings. The van der Waals surface area contributed by atoms with Gasteiger partial charge in [-0.05, 0) is 25.0 Å². The lowest BCUT2D eigenvalue weighted by Crippen LogP contribution is -2.56. The SMILES string of the molecule is COc1c(C)ccc(C)c1[Si](OC)(OC)OC. The molecule has 17 heavy (non-hydrogen) atoms. The Bertz CT molecular complexity index is 380. The molecule has 1 rings (SSSR count). The Hall–Kier alpha value is -0.883. The van der Waals surface area contributed by atoms with E-state index in [2.05, 4.69) is 0 Å². The van der Waals surface area contributed by atoms with E-state index in [1.165, 1.54) is 0 Å². The molecule has 0 aliphatic carbocycles. The van der Waals surface area contributed by atoms with Crippen molar-refractivity contribution in [1.82, 2.24) is 0 Å². The molecule has 0 saturated carbocycles. The van der Waals surface area contributed by atoms with Gasteiger partial charge in [-0.1, -0.05) is 12.1 Å². The van der Waals surface area contributed by atoms with Crippen LogP contribution >= 0.6 is 0 Å². The fraction of sp³-hybridized carbons (Fsp3) is 0.500. The molecule has 0 bridgehead atoms. The summed E-state index contributed by atoms with van der Waals surface area (Å²) in [5.74, 6) is 0.780. The summed E-state index contributed by atoms with van der Waals surface area (Å²) in [5, 5.41) is 0.896. The van der Waals surface area contributed by atoms with E-state index in [1.807, 2.05) is 26.0 Å². The first-order valence-corrected chi connectivity index (χ1v) is 7.08. The summed E-state index contributed by atoms with van der Waals surface area (Å²) in [7, 11) is 3.58. The van der Waals surface area contributed by atoms with Gasteiger partial charge in [-0.3, -0.25) is 0 Å². The van der Waals surface area contributed by atoms with Crippen molar-refractivity contribution < 1.29 is 18.0 Å². The van der Waals surface area contributed by atoms with Crippen LogP contribution in [0.5, 0.6) is 5.75 Å². The fourth-order valence-electron chi connectivity index (χ4n) is 1.99. The van der Waals surface area contributed by atoms with E-state index in [0.29, 0.717) is 0 Å². The number of hydrogen-bond donors (Lipinski definition) is 0. The fourth-order valence-corrected chi connectivity index (χ4v) is 4.24. The van der Waals surface area contributed by atoms with Gasteiger partial charge in [0.25, 0.3) is 0 Å². The smallest absolute Gasteiger partial charge is 0.496 e. The molecule has 0 radical (unpaired) electrons. The summed E-state index contributed by atoms with van der Waals surface area (Å²) in [4.78, 5) is 0. The van der Waals surface area contributed by atoms with E-state index in [9.17, 15) is 0 Å². The van der Waals surface area contributed by atoms with Crippen molar-refractivity contribution in [2.24, 2.45) is 0 Å². The number of methoxy groups -OCH3 is 1. The summed E-state index contributed by atoms with van der Waals surface area (Å²) in [6.07, 6.45) is 0. The minimum atomic E-state index is -2.86. The molecule has 0 amide bonds. The Kier molecular flexibility index (Phi) is 4.70. The van der Waals surface area contributed by atoms with E-state index in [-0.39, 0.29) is 0 Å². The number of rotatable bonds is 5. The monoisotopic (exact) mass is 256 g/mol. The third-order valence-corrected chi connectivity index (χ3v) is 5.73. The lowest BCUT2D eigenvalue weighted by Gasteiger charge is -2.28. The van der Waals surface area contributed by atoms with Crippen LogP contribution in [0, 0.1) is 13.8 Å². The van der Waals surface area contributed by atoms with Gasteiger partial charge in [0.1, 0.15) is 5.75 Å². The number of aryl methyl sites for hydroxylation is 2. The third kappa shape index (κ3) is 2.37. The van der Waals surface area contributed by atoms with Crippen LogP contribution < -0.4 is 9.92 Å². The zero-order chi connectivity index (χ0) is 13.1. The van der Waals surface area contributed by atoms with Gasteiger partial charge in [0, 0.05) is 21.3 Å². The Balaban J connectivity index is 3.51. The van der Waals surface area contributed by atoms with Crippen LogP contribution in [0.3, 0.4) is 0 Å². The van der Waals surface area contributed by atoms with Gasteiger partial charge in [0.15, 0.2) is 0 Å². The van der Waals surface area contributed by atoms with Gasteiger partial charge < -0.3 is 18.0 Å². The maximum absolute atomic E-state index is 5.52. The summed E-state index contributed by atoms with van der Waals surface area (Å²) < 4.78 is 22.0. The average Bonchev–Trinajstić information content (AvgIpc) is 2.36. The average molecular weight is 256 g/mol. The van der Waals surface area contributed by atoms with Gasteiger partial charge in [0.2, 0.25) is 0 Å². The Labute approximate surface area is 104 Å². The molecule has 0 heterocycles. The summed E-state index contributed by atoms with van der Waals surface area (Å²) in [6, 6.07) is 4.03. The van der Waals surface area contributed by atoms with Crippen molar-refractivity contribution in [1.29, 1.82) is 0 Å². The van der Waals surface area contributed by atoms with Gasteiger partial charge in [0.05, 0.1) is 12.3 Å². The van der Waals surface area contributed by atoms with Crippen LogP contribution in [-0.2, 0) is 13.3 Å². The second kappa shape index (κ2) is 5.64. The first kappa shape index (κ1) is 14.2. The van der Waals surface area contributed by atoms with Crippen molar-refractivity contribution in [2.75, 3.05) is 28.4 Å². The first-order chi connectivity index (χ1) is 8.06. The van der Waals surface area contributed by atoms with Crippen LogP contribution in [0.1, 0.15) is 11.1 Å². The summed E-state index contributed by atoms with van der Waals surface area (Å²) in [6.45, 7) is 3.98. The van der Waals surface area contributed by atoms with E-state index < -0.39 is 8.80 Å². The molecule has 4 nitrogen and oxygen atoms in total. The molecule has 1 aromatic rings. The van der Waals surface area contributed by atoms with E-state index in [4.69, 9.17) is 18.0 Å². The highest BCUT2D eigenvalue weighted by molar-refractivity contribution is 6.76. The molecule has 0 saturated heterocycles. The van der Waals surface area contributed by atoms with Crippen molar-refractivity contribution >= 4 is 14.0 Å². The van der Waals surface area contributed by atoms with Crippen molar-refractivity contribution in [3.63, 3.8) is 0 Å². The lowest BCUT2D eigenvalue weighted by molar-refractivity contribution is 0.139. The van der Waals surface area contributed by atoms with Gasteiger partial charge in [-0.15, -0.1) is 0 Å². The topological polar surface area (TPSA) is 36.9 Å². The molecule has 0 unspecified atom stereocenters. The number of hydrogen-bond acceptors (Lipinski definition) is 4. The molecular formula is C12H20O4Si. The standard InChI is InChI=1S/C12H20O4Si/c1-9-7-8-10(2)12(11(9)13-3)17(14-4,15-5)16-6/h7-8H,1-6H3. The van der Waals surface area contributed by atoms with Crippen molar-refractivity contribution in [2.45, 2.75) is 13.8 Å². The minimum absolute atomic E-state index is 0.780. The molecule has 0 atom stereocenters. The highest BCUT2D eigenvalue weighted by Gasteiger charge is 2.45. The molecule has 0 aromatic heterocycles. The van der Waals surface area contributed by atoms with E-state index in [1.54, 1.807) is 28.4 Å². The Morgan fingerprint density at radius 1 is 0.824 bits per heavy atom. The summed E-state index contributed by atoms with van der Waals surface area (Å²) in [5.41, 5.74) is 2.08. The largest absolute Gasteiger partial charge is 0.540 e. The van der Waals surface area contributed by atoms with Crippen LogP contribution in [0.15, 0.2) is 12.1 Å². The first-order valence-electron chi connectivity index (χ1n) is 5.36. The second-order valence-electron chi connectivity index (χ2n) is 3.78. The molecule has 5 heteroatoms. The van der Waals surface area contributed by atoms with Crippen LogP contribution in [0.4, 0.5) is 0 Å². The lowest BCUT2D eigenvalue weighted by atomic mass is 10.1. The van der Waals surface area contributed by atoms with Crippen LogP contribution in [0.25, 0.3) is 0 Å². The zero-order valence-corrected chi connectivity index (χ0v) is 12.3. The molecule has 0 fully saturated rings.